The van der Waals surface area contributed by atoms with Crippen LogP contribution in [0.2, 0.25) is 0 Å². The molecule has 1 aromatic carbocycles. The first-order chi connectivity index (χ1) is 9.79. The number of benzene rings is 1. The Morgan fingerprint density at radius 3 is 2.40 bits per heavy atom. The Morgan fingerprint density at radius 2 is 1.75 bits per heavy atom. The third-order valence-electron chi connectivity index (χ3n) is 3.12. The van der Waals surface area contributed by atoms with Crippen LogP contribution in [0.4, 0.5) is 0 Å². The van der Waals surface area contributed by atoms with Gasteiger partial charge in [0.05, 0.1) is 12.3 Å². The molecule has 0 bridgehead atoms. The van der Waals surface area contributed by atoms with Crippen LogP contribution in [0.1, 0.15) is 11.3 Å². The van der Waals surface area contributed by atoms with Crippen LogP contribution in [0, 0.1) is 6.92 Å². The molecule has 0 aliphatic carbocycles. The highest BCUT2D eigenvalue weighted by molar-refractivity contribution is 5.63. The molecule has 0 aliphatic heterocycles. The molecule has 0 saturated heterocycles. The van der Waals surface area contributed by atoms with Gasteiger partial charge < -0.3 is 5.11 Å². The van der Waals surface area contributed by atoms with Crippen molar-refractivity contribution in [2.24, 2.45) is 0 Å². The van der Waals surface area contributed by atoms with E-state index in [1.54, 1.807) is 17.1 Å². The van der Waals surface area contributed by atoms with Gasteiger partial charge >= 0.3 is 0 Å². The van der Waals surface area contributed by atoms with Crippen LogP contribution in [0.25, 0.3) is 16.9 Å². The smallest absolute Gasteiger partial charge is 0.117 e. The molecule has 0 amide bonds. The van der Waals surface area contributed by atoms with Gasteiger partial charge in [0.2, 0.25) is 0 Å². The number of hydrogen-bond donors (Lipinski definition) is 1. The van der Waals surface area contributed by atoms with Gasteiger partial charge in [-0.05, 0) is 31.2 Å². The first-order valence-corrected chi connectivity index (χ1v) is 6.32. The van der Waals surface area contributed by atoms with Gasteiger partial charge in [0, 0.05) is 18.0 Å². The first-order valence-electron chi connectivity index (χ1n) is 6.32. The standard InChI is InChI=1S/C15H14N4O/c1-11-2-4-13(5-3-11)19-15(14(10-20)17-18-19)12-6-8-16-9-7-12/h2-9,20H,10H2,1H3. The average molecular weight is 266 g/mol. The molecule has 3 aromatic rings. The molecule has 0 unspecified atom stereocenters. The van der Waals surface area contributed by atoms with Crippen molar-refractivity contribution in [3.63, 3.8) is 0 Å². The van der Waals surface area contributed by atoms with Gasteiger partial charge in [-0.2, -0.15) is 0 Å². The summed E-state index contributed by atoms with van der Waals surface area (Å²) in [6, 6.07) is 11.8. The van der Waals surface area contributed by atoms with Crippen molar-refractivity contribution >= 4 is 0 Å². The van der Waals surface area contributed by atoms with Crippen molar-refractivity contribution < 1.29 is 5.11 Å². The maximum atomic E-state index is 9.45. The van der Waals surface area contributed by atoms with Crippen LogP contribution < -0.4 is 0 Å². The third-order valence-corrected chi connectivity index (χ3v) is 3.12. The minimum Gasteiger partial charge on any atom is -0.390 e. The van der Waals surface area contributed by atoms with E-state index in [-0.39, 0.29) is 6.61 Å². The number of aryl methyl sites for hydroxylation is 1. The molecule has 0 atom stereocenters. The number of aromatic nitrogens is 4. The molecule has 1 N–H and O–H groups in total. The topological polar surface area (TPSA) is 63.8 Å². The molecule has 2 aromatic heterocycles. The summed E-state index contributed by atoms with van der Waals surface area (Å²) in [5, 5.41) is 17.7. The van der Waals surface area contributed by atoms with E-state index >= 15 is 0 Å². The molecule has 0 saturated carbocycles. The fourth-order valence-electron chi connectivity index (χ4n) is 2.08. The SMILES string of the molecule is Cc1ccc(-n2nnc(CO)c2-c2ccncc2)cc1. The predicted molar refractivity (Wildman–Crippen MR) is 75.2 cm³/mol. The Morgan fingerprint density at radius 1 is 1.05 bits per heavy atom. The largest absolute Gasteiger partial charge is 0.390 e. The highest BCUT2D eigenvalue weighted by Crippen LogP contribution is 2.24. The van der Waals surface area contributed by atoms with Gasteiger partial charge in [-0.15, -0.1) is 5.10 Å². The Labute approximate surface area is 116 Å². The molecule has 5 nitrogen and oxygen atoms in total. The number of aliphatic hydroxyl groups is 1. The molecule has 2 heterocycles. The zero-order valence-corrected chi connectivity index (χ0v) is 11.1. The number of pyridine rings is 1. The van der Waals surface area contributed by atoms with Crippen LogP contribution in [-0.2, 0) is 6.61 Å². The lowest BCUT2D eigenvalue weighted by atomic mass is 10.1. The summed E-state index contributed by atoms with van der Waals surface area (Å²) in [5.41, 5.74) is 4.36. The zero-order valence-electron chi connectivity index (χ0n) is 11.1. The second kappa shape index (κ2) is 5.22. The van der Waals surface area contributed by atoms with Crippen LogP contribution >= 0.6 is 0 Å². The minimum atomic E-state index is -0.149. The van der Waals surface area contributed by atoms with E-state index in [0.29, 0.717) is 5.69 Å². The maximum absolute atomic E-state index is 9.45. The highest BCUT2D eigenvalue weighted by Gasteiger charge is 2.15. The van der Waals surface area contributed by atoms with E-state index in [1.165, 1.54) is 5.56 Å². The molecule has 20 heavy (non-hydrogen) atoms. The molecule has 3 rings (SSSR count). The fraction of sp³-hybridized carbons (Fsp3) is 0.133. The Bertz CT molecular complexity index is 704. The molecular formula is C15H14N4O. The normalized spacial score (nSPS) is 10.7. The Kier molecular flexibility index (Phi) is 3.26. The summed E-state index contributed by atoms with van der Waals surface area (Å²) in [5.74, 6) is 0. The van der Waals surface area contributed by atoms with E-state index in [0.717, 1.165) is 16.9 Å². The fourth-order valence-corrected chi connectivity index (χ4v) is 2.08. The number of aliphatic hydroxyl groups excluding tert-OH is 1. The van der Waals surface area contributed by atoms with E-state index in [2.05, 4.69) is 15.3 Å². The summed E-state index contributed by atoms with van der Waals surface area (Å²) in [6.07, 6.45) is 3.42. The number of rotatable bonds is 3. The third kappa shape index (κ3) is 2.19. The molecule has 5 heteroatoms. The number of nitrogens with zero attached hydrogens (tertiary/aromatic N) is 4. The van der Waals surface area contributed by atoms with Gasteiger partial charge in [-0.25, -0.2) is 4.68 Å². The lowest BCUT2D eigenvalue weighted by molar-refractivity contribution is 0.277. The van der Waals surface area contributed by atoms with E-state index < -0.39 is 0 Å². The number of hydrogen-bond acceptors (Lipinski definition) is 4. The molecule has 0 spiro atoms. The molecule has 0 aliphatic rings. The van der Waals surface area contributed by atoms with Crippen molar-refractivity contribution in [1.82, 2.24) is 20.0 Å². The van der Waals surface area contributed by atoms with Crippen molar-refractivity contribution in [3.8, 4) is 16.9 Å². The lowest BCUT2D eigenvalue weighted by Gasteiger charge is -2.07. The summed E-state index contributed by atoms with van der Waals surface area (Å²) in [7, 11) is 0. The van der Waals surface area contributed by atoms with Crippen molar-refractivity contribution in [3.05, 3.63) is 60.0 Å². The van der Waals surface area contributed by atoms with Crippen molar-refractivity contribution in [2.75, 3.05) is 0 Å². The van der Waals surface area contributed by atoms with E-state index in [9.17, 15) is 5.11 Å². The van der Waals surface area contributed by atoms with Gasteiger partial charge in [0.25, 0.3) is 0 Å². The van der Waals surface area contributed by atoms with Crippen LogP contribution in [0.5, 0.6) is 0 Å². The van der Waals surface area contributed by atoms with E-state index in [1.807, 2.05) is 43.3 Å². The quantitative estimate of drug-likeness (QED) is 0.788. The predicted octanol–water partition coefficient (Wildman–Crippen LogP) is 2.13. The summed E-state index contributed by atoms with van der Waals surface area (Å²) in [6.45, 7) is 1.89. The lowest BCUT2D eigenvalue weighted by Crippen LogP contribution is -2.00. The summed E-state index contributed by atoms with van der Waals surface area (Å²) in [4.78, 5) is 4.01. The molecule has 100 valence electrons. The average Bonchev–Trinajstić information content (AvgIpc) is 2.93. The highest BCUT2D eigenvalue weighted by atomic mass is 16.3. The van der Waals surface area contributed by atoms with Crippen LogP contribution in [-0.4, -0.2) is 25.1 Å². The van der Waals surface area contributed by atoms with Crippen LogP contribution in [0.3, 0.4) is 0 Å². The molecule has 0 fully saturated rings. The monoisotopic (exact) mass is 266 g/mol. The summed E-state index contributed by atoms with van der Waals surface area (Å²) >= 11 is 0. The second-order valence-corrected chi connectivity index (χ2v) is 4.53. The Balaban J connectivity index is 2.17. The molecule has 0 radical (unpaired) electrons. The zero-order chi connectivity index (χ0) is 13.9. The van der Waals surface area contributed by atoms with Gasteiger partial charge in [-0.3, -0.25) is 4.98 Å². The van der Waals surface area contributed by atoms with Gasteiger partial charge in [0.1, 0.15) is 11.4 Å². The van der Waals surface area contributed by atoms with Gasteiger partial charge in [-0.1, -0.05) is 22.9 Å². The van der Waals surface area contributed by atoms with Crippen molar-refractivity contribution in [1.29, 1.82) is 0 Å². The second-order valence-electron chi connectivity index (χ2n) is 4.53. The molecular weight excluding hydrogens is 252 g/mol. The maximum Gasteiger partial charge on any atom is 0.117 e. The Hall–Kier alpha value is -2.53. The summed E-state index contributed by atoms with van der Waals surface area (Å²) < 4.78 is 1.74. The van der Waals surface area contributed by atoms with Crippen LogP contribution in [0.15, 0.2) is 48.8 Å². The van der Waals surface area contributed by atoms with E-state index in [4.69, 9.17) is 0 Å². The first kappa shape index (κ1) is 12.5. The van der Waals surface area contributed by atoms with Gasteiger partial charge in [0.15, 0.2) is 0 Å². The van der Waals surface area contributed by atoms with Crippen molar-refractivity contribution in [2.45, 2.75) is 13.5 Å². The minimum absolute atomic E-state index is 0.149.